The van der Waals surface area contributed by atoms with Crippen LogP contribution < -0.4 is 5.32 Å². The van der Waals surface area contributed by atoms with Gasteiger partial charge < -0.3 is 5.32 Å². The lowest BCUT2D eigenvalue weighted by molar-refractivity contribution is -0.116. The number of hydrogen-bond donors (Lipinski definition) is 2. The molecule has 2 N–H and O–H groups in total. The highest BCUT2D eigenvalue weighted by atomic mass is 32.2. The molecule has 1 aliphatic heterocycles. The number of amides is 1. The normalized spacial score (nSPS) is 14.0. The quantitative estimate of drug-likeness (QED) is 0.621. The van der Waals surface area contributed by atoms with E-state index >= 15 is 0 Å². The molecule has 1 aromatic heterocycles. The molecule has 6 nitrogen and oxygen atoms in total. The molecule has 24 heavy (non-hydrogen) atoms. The van der Waals surface area contributed by atoms with Crippen LogP contribution in [0.15, 0.2) is 23.4 Å². The number of carbonyl (C=O) groups is 2. The zero-order valence-corrected chi connectivity index (χ0v) is 14.4. The van der Waals surface area contributed by atoms with E-state index in [0.717, 1.165) is 42.8 Å². The molecule has 2 heterocycles. The fraction of sp³-hybridized carbons (Fsp3) is 0.412. The molecule has 2 aromatic rings. The van der Waals surface area contributed by atoms with Gasteiger partial charge in [-0.25, -0.2) is 4.98 Å². The fourth-order valence-corrected chi connectivity index (χ4v) is 3.36. The topological polar surface area (TPSA) is 87.7 Å². The number of nitrogens with zero attached hydrogens (tertiary/aromatic N) is 2. The fourth-order valence-electron chi connectivity index (χ4n) is 2.65. The monoisotopic (exact) mass is 344 g/mol. The van der Waals surface area contributed by atoms with Crippen molar-refractivity contribution in [2.45, 2.75) is 44.2 Å². The van der Waals surface area contributed by atoms with Gasteiger partial charge in [-0.2, -0.15) is 0 Å². The summed E-state index contributed by atoms with van der Waals surface area (Å²) in [5, 5.41) is 10.5. The average Bonchev–Trinajstić information content (AvgIpc) is 2.93. The summed E-state index contributed by atoms with van der Waals surface area (Å²) in [4.78, 5) is 28.3. The summed E-state index contributed by atoms with van der Waals surface area (Å²) < 4.78 is 0. The van der Waals surface area contributed by atoms with Crippen molar-refractivity contribution >= 4 is 29.1 Å². The lowest BCUT2D eigenvalue weighted by atomic mass is 10.0. The lowest BCUT2D eigenvalue weighted by Crippen LogP contribution is -2.10. The van der Waals surface area contributed by atoms with Crippen LogP contribution in [0.25, 0.3) is 0 Å². The summed E-state index contributed by atoms with van der Waals surface area (Å²) in [7, 11) is 0. The van der Waals surface area contributed by atoms with E-state index in [0.29, 0.717) is 22.9 Å². The molecule has 0 saturated heterocycles. The number of aromatic nitrogens is 3. The van der Waals surface area contributed by atoms with Gasteiger partial charge in [0, 0.05) is 24.1 Å². The zero-order chi connectivity index (χ0) is 16.9. The second kappa shape index (κ2) is 7.61. The van der Waals surface area contributed by atoms with E-state index in [1.165, 1.54) is 11.8 Å². The van der Waals surface area contributed by atoms with E-state index in [-0.39, 0.29) is 11.7 Å². The molecule has 1 aromatic carbocycles. The van der Waals surface area contributed by atoms with Crippen LogP contribution >= 0.6 is 11.8 Å². The number of thioether (sulfide) groups is 1. The Morgan fingerprint density at radius 3 is 3.04 bits per heavy atom. The number of fused-ring (bicyclic) bond motifs is 1. The molecular formula is C17H20N4O2S. The molecule has 0 aliphatic carbocycles. The van der Waals surface area contributed by atoms with E-state index in [9.17, 15) is 9.59 Å². The summed E-state index contributed by atoms with van der Waals surface area (Å²) in [5.74, 6) is 1.23. The maximum absolute atomic E-state index is 12.4. The Labute approximate surface area is 144 Å². The Bertz CT molecular complexity index is 757. The van der Waals surface area contributed by atoms with Gasteiger partial charge in [-0.05, 0) is 43.0 Å². The molecule has 0 unspecified atom stereocenters. The van der Waals surface area contributed by atoms with Crippen molar-refractivity contribution in [1.29, 1.82) is 0 Å². The number of Topliss-reactive ketones (excluding diaryl/α,β-unsaturated/α-hetero) is 1. The summed E-state index contributed by atoms with van der Waals surface area (Å²) in [6, 6.07) is 5.49. The third-order valence-corrected chi connectivity index (χ3v) is 4.73. The van der Waals surface area contributed by atoms with Crippen molar-refractivity contribution in [3.63, 3.8) is 0 Å². The molecule has 0 bridgehead atoms. The van der Waals surface area contributed by atoms with Crippen molar-refractivity contribution in [3.8, 4) is 0 Å². The van der Waals surface area contributed by atoms with Crippen LogP contribution in [0.1, 0.15) is 47.9 Å². The highest BCUT2D eigenvalue weighted by Gasteiger charge is 2.16. The van der Waals surface area contributed by atoms with Crippen molar-refractivity contribution in [1.82, 2.24) is 15.2 Å². The first-order valence-corrected chi connectivity index (χ1v) is 9.14. The van der Waals surface area contributed by atoms with E-state index in [4.69, 9.17) is 0 Å². The van der Waals surface area contributed by atoms with Crippen LogP contribution in [-0.2, 0) is 17.6 Å². The second-order valence-electron chi connectivity index (χ2n) is 5.80. The van der Waals surface area contributed by atoms with Gasteiger partial charge in [0.25, 0.3) is 0 Å². The summed E-state index contributed by atoms with van der Waals surface area (Å²) in [6.45, 7) is 2.08. The Kier molecular flexibility index (Phi) is 5.30. The van der Waals surface area contributed by atoms with Gasteiger partial charge in [-0.15, -0.1) is 5.10 Å². The van der Waals surface area contributed by atoms with Crippen LogP contribution in [0, 0.1) is 0 Å². The van der Waals surface area contributed by atoms with Crippen molar-refractivity contribution in [3.05, 3.63) is 35.2 Å². The number of aromatic amines is 1. The SMILES string of the molecule is CCCc1nc(SCC(=O)c2ccc3c(c2)CCCC(=O)N3)n[nH]1. The molecular weight excluding hydrogens is 324 g/mol. The predicted molar refractivity (Wildman–Crippen MR) is 93.4 cm³/mol. The van der Waals surface area contributed by atoms with E-state index in [1.807, 2.05) is 12.1 Å². The van der Waals surface area contributed by atoms with Gasteiger partial charge >= 0.3 is 0 Å². The zero-order valence-electron chi connectivity index (χ0n) is 13.6. The van der Waals surface area contributed by atoms with Gasteiger partial charge in [-0.1, -0.05) is 18.7 Å². The lowest BCUT2D eigenvalue weighted by Gasteiger charge is -2.08. The maximum atomic E-state index is 12.4. The van der Waals surface area contributed by atoms with Gasteiger partial charge in [0.1, 0.15) is 5.82 Å². The minimum absolute atomic E-state index is 0.0378. The maximum Gasteiger partial charge on any atom is 0.224 e. The van der Waals surface area contributed by atoms with Crippen LogP contribution in [0.4, 0.5) is 5.69 Å². The Balaban J connectivity index is 1.64. The van der Waals surface area contributed by atoms with Crippen molar-refractivity contribution < 1.29 is 9.59 Å². The van der Waals surface area contributed by atoms with E-state index < -0.39 is 0 Å². The molecule has 3 rings (SSSR count). The highest BCUT2D eigenvalue weighted by molar-refractivity contribution is 7.99. The standard InChI is InChI=1S/C17H20N4O2S/c1-2-4-15-19-17(21-20-15)24-10-14(22)12-7-8-13-11(9-12)5-3-6-16(23)18-13/h7-9H,2-6,10H2,1H3,(H,18,23)(H,19,20,21). The summed E-state index contributed by atoms with van der Waals surface area (Å²) in [5.41, 5.74) is 2.52. The molecule has 7 heteroatoms. The number of rotatable bonds is 6. The molecule has 1 aliphatic rings. The molecule has 0 fully saturated rings. The third-order valence-electron chi connectivity index (χ3n) is 3.88. The van der Waals surface area contributed by atoms with Crippen molar-refractivity contribution in [2.24, 2.45) is 0 Å². The predicted octanol–water partition coefficient (Wildman–Crippen LogP) is 3.01. The number of anilines is 1. The summed E-state index contributed by atoms with van der Waals surface area (Å²) in [6.07, 6.45) is 4.01. The number of aryl methyl sites for hydroxylation is 2. The molecule has 0 spiro atoms. The molecule has 1 amide bonds. The van der Waals surface area contributed by atoms with Gasteiger partial charge in [-0.3, -0.25) is 14.7 Å². The van der Waals surface area contributed by atoms with E-state index in [1.54, 1.807) is 6.07 Å². The second-order valence-corrected chi connectivity index (χ2v) is 6.74. The average molecular weight is 344 g/mol. The Morgan fingerprint density at radius 2 is 2.21 bits per heavy atom. The first-order valence-electron chi connectivity index (χ1n) is 8.15. The number of benzene rings is 1. The van der Waals surface area contributed by atoms with Crippen LogP contribution in [0.3, 0.4) is 0 Å². The Morgan fingerprint density at radius 1 is 1.33 bits per heavy atom. The largest absolute Gasteiger partial charge is 0.326 e. The number of H-pyrrole nitrogens is 1. The van der Waals surface area contributed by atoms with Gasteiger partial charge in [0.2, 0.25) is 11.1 Å². The number of carbonyl (C=O) groups excluding carboxylic acids is 2. The van der Waals surface area contributed by atoms with Gasteiger partial charge in [0.15, 0.2) is 5.78 Å². The van der Waals surface area contributed by atoms with Crippen LogP contribution in [0.2, 0.25) is 0 Å². The first kappa shape index (κ1) is 16.7. The van der Waals surface area contributed by atoms with E-state index in [2.05, 4.69) is 27.4 Å². The minimum Gasteiger partial charge on any atom is -0.326 e. The first-order chi connectivity index (χ1) is 11.7. The summed E-state index contributed by atoms with van der Waals surface area (Å²) >= 11 is 1.34. The van der Waals surface area contributed by atoms with Crippen molar-refractivity contribution in [2.75, 3.05) is 11.1 Å². The smallest absolute Gasteiger partial charge is 0.224 e. The van der Waals surface area contributed by atoms with Crippen LogP contribution in [0.5, 0.6) is 0 Å². The number of ketones is 1. The molecule has 0 saturated carbocycles. The number of hydrogen-bond acceptors (Lipinski definition) is 5. The minimum atomic E-state index is 0.0378. The third kappa shape index (κ3) is 4.03. The highest BCUT2D eigenvalue weighted by Crippen LogP contribution is 2.24. The molecule has 0 atom stereocenters. The van der Waals surface area contributed by atoms with Gasteiger partial charge in [0.05, 0.1) is 5.75 Å². The molecule has 126 valence electrons. The number of nitrogens with one attached hydrogen (secondary N) is 2. The Hall–Kier alpha value is -2.15. The van der Waals surface area contributed by atoms with Crippen LogP contribution in [-0.4, -0.2) is 32.6 Å². The molecule has 0 radical (unpaired) electrons.